The maximum absolute atomic E-state index is 14.0. The predicted octanol–water partition coefficient (Wildman–Crippen LogP) is -3.23. The van der Waals surface area contributed by atoms with E-state index in [0.29, 0.717) is 0 Å². The first-order valence-electron chi connectivity index (χ1n) is 12.0. The number of rotatable bonds is 10. The monoisotopic (exact) mass is 675 g/mol. The number of nitrogens with two attached hydrogens (primary N) is 1. The van der Waals surface area contributed by atoms with Crippen LogP contribution in [0.5, 0.6) is 0 Å². The number of nitrogens with zero attached hydrogens (tertiary/aromatic N) is 4. The molecule has 43 heavy (non-hydrogen) atoms. The average Bonchev–Trinajstić information content (AvgIpc) is 3.46. The number of phosphoric acid groups is 1. The van der Waals surface area contributed by atoms with Gasteiger partial charge in [0, 0.05) is 5.56 Å². The van der Waals surface area contributed by atoms with Crippen molar-refractivity contribution < 1.29 is 72.2 Å². The molecule has 2 aromatic rings. The van der Waals surface area contributed by atoms with Crippen LogP contribution in [0.4, 0.5) is 10.3 Å². The Balaban J connectivity index is 1.48. The quantitative estimate of drug-likeness (QED) is 0.0883. The lowest BCUT2D eigenvalue weighted by molar-refractivity contribution is -0.287. The van der Waals surface area contributed by atoms with Crippen LogP contribution in [0.1, 0.15) is 18.6 Å². The van der Waals surface area contributed by atoms with Gasteiger partial charge in [0.15, 0.2) is 23.7 Å². The van der Waals surface area contributed by atoms with Crippen LogP contribution in [0, 0.1) is 12.3 Å². The molecule has 0 aromatic carbocycles. The number of nitrogen functional groups attached to an aromatic ring is 1. The molecule has 0 bridgehead atoms. The number of phosphoric ester groups is 1. The molecule has 12 atom stereocenters. The lowest BCUT2D eigenvalue weighted by atomic mass is 9.84. The van der Waals surface area contributed by atoms with Crippen LogP contribution >= 0.6 is 14.5 Å². The van der Waals surface area contributed by atoms with E-state index in [1.54, 1.807) is 0 Å². The van der Waals surface area contributed by atoms with Crippen LogP contribution in [0.25, 0.3) is 5.65 Å². The van der Waals surface area contributed by atoms with E-state index in [0.717, 1.165) is 10.8 Å². The molecule has 7 unspecified atom stereocenters. The number of halogens is 1. The minimum Gasteiger partial charge on any atom is -0.393 e. The highest BCUT2D eigenvalue weighted by molar-refractivity contribution is 8.08. The van der Waals surface area contributed by atoms with Gasteiger partial charge in [-0.3, -0.25) is 4.52 Å². The largest absolute Gasteiger partial charge is 0.481 e. The third-order valence-electron chi connectivity index (χ3n) is 6.75. The molecule has 0 amide bonds. The van der Waals surface area contributed by atoms with Gasteiger partial charge in [-0.15, -0.1) is 6.42 Å². The lowest BCUT2D eigenvalue weighted by Crippen LogP contribution is -2.60. The Bertz CT molecular complexity index is 1490. The highest BCUT2D eigenvalue weighted by atomic mass is 32.5. The first-order chi connectivity index (χ1) is 19.9. The number of alkyl halides is 1. The smallest absolute Gasteiger partial charge is 0.393 e. The number of aliphatic hydroxyl groups excluding tert-OH is 5. The second-order valence-electron chi connectivity index (χ2n) is 9.79. The van der Waals surface area contributed by atoms with E-state index in [4.69, 9.17) is 43.1 Å². The third kappa shape index (κ3) is 6.47. The number of hydrogen-bond acceptors (Lipinski definition) is 17. The number of terminal acetylenes is 1. The van der Waals surface area contributed by atoms with Crippen LogP contribution < -0.4 is 5.73 Å². The van der Waals surface area contributed by atoms with Crippen molar-refractivity contribution in [2.24, 2.45) is 0 Å². The summed E-state index contributed by atoms with van der Waals surface area (Å²) in [5.74, 6) is 1.98. The van der Waals surface area contributed by atoms with Gasteiger partial charge >= 0.3 is 14.5 Å². The summed E-state index contributed by atoms with van der Waals surface area (Å²) < 4.78 is 52.6. The summed E-state index contributed by atoms with van der Waals surface area (Å²) in [5.41, 5.74) is 1.51. The number of fused-ring (bicyclic) bond motifs is 1. The van der Waals surface area contributed by atoms with E-state index in [1.807, 2.05) is 0 Å². The van der Waals surface area contributed by atoms with Crippen molar-refractivity contribution in [2.45, 2.75) is 67.2 Å². The van der Waals surface area contributed by atoms with Gasteiger partial charge in [-0.05, 0) is 18.7 Å². The summed E-state index contributed by atoms with van der Waals surface area (Å²) in [5, 5.41) is 65.0. The number of anilines is 1. The maximum atomic E-state index is 14.0. The fraction of sp³-hybridized carbons (Fsp3) is 0.650. The second-order valence-corrected chi connectivity index (χ2v) is 14.2. The molecule has 23 heteroatoms. The number of hydrogen-bond donors (Lipinski definition) is 9. The second kappa shape index (κ2) is 12.2. The van der Waals surface area contributed by atoms with Crippen LogP contribution in [0.3, 0.4) is 0 Å². The molecule has 2 aromatic heterocycles. The molecule has 2 aliphatic heterocycles. The molecule has 2 fully saturated rings. The Kier molecular flexibility index (Phi) is 9.66. The fourth-order valence-electron chi connectivity index (χ4n) is 4.51. The van der Waals surface area contributed by atoms with Crippen molar-refractivity contribution in [1.29, 1.82) is 0 Å². The van der Waals surface area contributed by atoms with Crippen molar-refractivity contribution in [3.63, 3.8) is 0 Å². The Morgan fingerprint density at radius 1 is 1.28 bits per heavy atom. The summed E-state index contributed by atoms with van der Waals surface area (Å²) >= 11 is 4.75. The lowest BCUT2D eigenvalue weighted by Gasteiger charge is -2.41. The molecule has 0 radical (unpaired) electrons. The molecule has 240 valence electrons. The van der Waals surface area contributed by atoms with Crippen molar-refractivity contribution in [1.82, 2.24) is 19.6 Å². The van der Waals surface area contributed by atoms with Gasteiger partial charge in [0.25, 0.3) is 0 Å². The molecule has 4 heterocycles. The Morgan fingerprint density at radius 2 is 1.95 bits per heavy atom. The summed E-state index contributed by atoms with van der Waals surface area (Å²) in [6.07, 6.45) is -8.65. The zero-order valence-corrected chi connectivity index (χ0v) is 24.4. The van der Waals surface area contributed by atoms with E-state index in [-0.39, 0.29) is 17.2 Å². The molecule has 19 nitrogen and oxygen atoms in total. The molecular formula is C20H28FN5O14P2S. The minimum atomic E-state index is -5.56. The molecular weight excluding hydrogens is 647 g/mol. The highest BCUT2D eigenvalue weighted by Crippen LogP contribution is 2.62. The number of aromatic nitrogens is 4. The van der Waals surface area contributed by atoms with Gasteiger partial charge in [0.05, 0.1) is 19.4 Å². The summed E-state index contributed by atoms with van der Waals surface area (Å²) in [7, 11) is -5.56. The van der Waals surface area contributed by atoms with Gasteiger partial charge in [-0.25, -0.2) is 23.2 Å². The summed E-state index contributed by atoms with van der Waals surface area (Å²) in [6, 6.07) is 0. The molecule has 2 saturated heterocycles. The normalized spacial score (nSPS) is 38.3. The van der Waals surface area contributed by atoms with Gasteiger partial charge in [-0.2, -0.15) is 9.61 Å². The molecule has 0 aliphatic carbocycles. The van der Waals surface area contributed by atoms with Crippen molar-refractivity contribution >= 4 is 37.9 Å². The Morgan fingerprint density at radius 3 is 2.58 bits per heavy atom. The van der Waals surface area contributed by atoms with Crippen LogP contribution in [-0.4, -0.2) is 127 Å². The first-order valence-corrected chi connectivity index (χ1v) is 16.1. The van der Waals surface area contributed by atoms with Gasteiger partial charge in [0.1, 0.15) is 48.6 Å². The Labute approximate surface area is 246 Å². The minimum absolute atomic E-state index is 0.0656. The van der Waals surface area contributed by atoms with Gasteiger partial charge in [-0.1, -0.05) is 5.92 Å². The van der Waals surface area contributed by atoms with E-state index < -0.39 is 88.0 Å². The van der Waals surface area contributed by atoms with E-state index in [1.165, 1.54) is 13.1 Å². The standard InChI is InChI=1S/C20H28FN5O14P2S/c1-3-20(32)14(8-4-25-26-15(8)23-7-24-18(26)22)38-19(2,17(20)31)6-36-42(35,43)40-41(33,34)39-16-12(30)10(28)11(29)13(37-16)9(21)5-27/h1,4,7,9-14,16-17,27-32H,5-6H2,2H3,(H,33,34)(H,35,43)(H2,22,23,24)/t9-,10?,11?,12?,13?,14-,16?,17+,19+,20-,42?/m0/s1. The number of aliphatic hydroxyl groups is 6. The molecule has 2 aliphatic rings. The highest BCUT2D eigenvalue weighted by Gasteiger charge is 2.62. The zero-order valence-electron chi connectivity index (χ0n) is 21.8. The predicted molar refractivity (Wildman–Crippen MR) is 140 cm³/mol. The zero-order chi connectivity index (χ0) is 32.1. The SMILES string of the molecule is C#C[C@]1(O)[C@H](c2cnn3c(N)ncnc23)O[C@](C)(COP(O)(=S)OP(=O)(O)OC2OC([C@@H](F)CO)C(O)C(O)C2O)[C@H]1O. The van der Waals surface area contributed by atoms with E-state index >= 15 is 0 Å². The summed E-state index contributed by atoms with van der Waals surface area (Å²) in [6.45, 7) is -5.70. The fourth-order valence-corrected chi connectivity index (χ4v) is 7.67. The van der Waals surface area contributed by atoms with Crippen LogP contribution in [-0.2, 0) is 39.2 Å². The topological polar surface area (TPSA) is 294 Å². The van der Waals surface area contributed by atoms with Crippen molar-refractivity contribution in [2.75, 3.05) is 18.9 Å². The van der Waals surface area contributed by atoms with E-state index in [2.05, 4.69) is 29.8 Å². The van der Waals surface area contributed by atoms with Crippen LogP contribution in [0.15, 0.2) is 12.5 Å². The van der Waals surface area contributed by atoms with Crippen molar-refractivity contribution in [3.8, 4) is 12.3 Å². The third-order valence-corrected chi connectivity index (χ3v) is 10.2. The average molecular weight is 675 g/mol. The Hall–Kier alpha value is -1.80. The van der Waals surface area contributed by atoms with E-state index in [9.17, 15) is 44.3 Å². The number of ether oxygens (including phenoxy) is 2. The molecule has 10 N–H and O–H groups in total. The van der Waals surface area contributed by atoms with Crippen LogP contribution in [0.2, 0.25) is 0 Å². The molecule has 0 saturated carbocycles. The van der Waals surface area contributed by atoms with Gasteiger partial charge < -0.3 is 60.2 Å². The maximum Gasteiger partial charge on any atom is 0.481 e. The molecule has 0 spiro atoms. The molecule has 4 rings (SSSR count). The summed E-state index contributed by atoms with van der Waals surface area (Å²) in [4.78, 5) is 28.4. The van der Waals surface area contributed by atoms with Gasteiger partial charge in [0.2, 0.25) is 5.95 Å². The first kappa shape index (κ1) is 34.1. The van der Waals surface area contributed by atoms with Crippen molar-refractivity contribution in [3.05, 3.63) is 18.1 Å².